The molecule has 0 aliphatic rings. The van der Waals surface area contributed by atoms with Crippen molar-refractivity contribution in [3.63, 3.8) is 0 Å². The highest BCUT2D eigenvalue weighted by atomic mass is 32.2. The van der Waals surface area contributed by atoms with Gasteiger partial charge >= 0.3 is 0 Å². The van der Waals surface area contributed by atoms with Gasteiger partial charge in [0.1, 0.15) is 11.1 Å². The van der Waals surface area contributed by atoms with E-state index in [0.29, 0.717) is 22.3 Å². The van der Waals surface area contributed by atoms with Gasteiger partial charge in [0.2, 0.25) is 0 Å². The molecule has 12 heteroatoms. The van der Waals surface area contributed by atoms with Gasteiger partial charge in [0.05, 0.1) is 0 Å². The van der Waals surface area contributed by atoms with Gasteiger partial charge in [-0.25, -0.2) is 17.6 Å². The first-order valence-corrected chi connectivity index (χ1v) is 17.4. The van der Waals surface area contributed by atoms with Crippen LogP contribution in [0, 0.1) is 47.0 Å². The molecular weight excluding hydrogens is 677 g/mol. The van der Waals surface area contributed by atoms with Crippen LogP contribution in [0.15, 0.2) is 36.4 Å². The topological polar surface area (TPSA) is 68.3 Å². The molecule has 3 aromatic carbocycles. The van der Waals surface area contributed by atoms with Gasteiger partial charge in [0, 0.05) is 61.8 Å². The molecule has 0 aromatic heterocycles. The highest BCUT2D eigenvalue weighted by Gasteiger charge is 2.24. The zero-order valence-electron chi connectivity index (χ0n) is 25.1. The Labute approximate surface area is 281 Å². The van der Waals surface area contributed by atoms with Crippen molar-refractivity contribution < 1.29 is 36.7 Å². The van der Waals surface area contributed by atoms with E-state index in [0.717, 1.165) is 47.0 Å². The van der Waals surface area contributed by atoms with Gasteiger partial charge in [-0.05, 0) is 46.5 Å². The van der Waals surface area contributed by atoms with E-state index < -0.39 is 34.4 Å². The van der Waals surface area contributed by atoms with Crippen LogP contribution in [-0.2, 0) is 42.2 Å². The van der Waals surface area contributed by atoms with Crippen molar-refractivity contribution in [3.05, 3.63) is 104 Å². The molecule has 0 N–H and O–H groups in total. The molecule has 0 aliphatic heterocycles. The molecule has 3 rings (SSSR count). The third kappa shape index (κ3) is 11.4. The Hall–Kier alpha value is -3.42. The van der Waals surface area contributed by atoms with Gasteiger partial charge in [0.25, 0.3) is 0 Å². The average molecular weight is 703 g/mol. The zero-order chi connectivity index (χ0) is 34.0. The lowest BCUT2D eigenvalue weighted by molar-refractivity contribution is -0.109. The van der Waals surface area contributed by atoms with Crippen LogP contribution in [0.2, 0.25) is 0 Å². The maximum Gasteiger partial charge on any atom is 0.186 e. The quantitative estimate of drug-likeness (QED) is 0.132. The number of carbonyl (C=O) groups excluding carboxylic acids is 4. The Balaban J connectivity index is 2.01. The molecule has 0 heterocycles. The van der Waals surface area contributed by atoms with E-state index in [2.05, 4.69) is 23.7 Å². The molecule has 3 aromatic rings. The molecule has 0 atom stereocenters. The van der Waals surface area contributed by atoms with Crippen LogP contribution < -0.4 is 0 Å². The van der Waals surface area contributed by atoms with Crippen molar-refractivity contribution in [1.82, 2.24) is 0 Å². The predicted octanol–water partition coefficient (Wildman–Crippen LogP) is 8.16. The zero-order valence-corrected chi connectivity index (χ0v) is 28.3. The van der Waals surface area contributed by atoms with Gasteiger partial charge in [-0.2, -0.15) is 0 Å². The average Bonchev–Trinajstić information content (AvgIpc) is 2.99. The second kappa shape index (κ2) is 17.5. The molecule has 238 valence electrons. The van der Waals surface area contributed by atoms with Crippen LogP contribution in [-0.4, -0.2) is 20.5 Å². The van der Waals surface area contributed by atoms with Crippen molar-refractivity contribution in [3.8, 4) is 23.7 Å². The summed E-state index contributed by atoms with van der Waals surface area (Å²) in [4.78, 5) is 45.7. The molecule has 46 heavy (non-hydrogen) atoms. The second-order valence-electron chi connectivity index (χ2n) is 9.70. The molecule has 0 aliphatic carbocycles. The summed E-state index contributed by atoms with van der Waals surface area (Å²) in [5.41, 5.74) is 0.982. The van der Waals surface area contributed by atoms with Crippen LogP contribution in [0.4, 0.5) is 17.6 Å². The van der Waals surface area contributed by atoms with E-state index in [-0.39, 0.29) is 54.6 Å². The molecule has 0 saturated carbocycles. The number of rotatable bonds is 8. The van der Waals surface area contributed by atoms with Gasteiger partial charge in [-0.1, -0.05) is 82.9 Å². The van der Waals surface area contributed by atoms with Crippen LogP contribution in [0.25, 0.3) is 0 Å². The third-order valence-corrected chi connectivity index (χ3v) is 9.34. The molecule has 0 amide bonds. The fourth-order valence-electron chi connectivity index (χ4n) is 3.86. The van der Waals surface area contributed by atoms with E-state index in [4.69, 9.17) is 0 Å². The first kappa shape index (κ1) is 37.0. The minimum atomic E-state index is -1.71. The van der Waals surface area contributed by atoms with Crippen LogP contribution >= 0.6 is 47.0 Å². The lowest BCUT2D eigenvalue weighted by atomic mass is 10.0. The first-order chi connectivity index (χ1) is 21.7. The van der Waals surface area contributed by atoms with Gasteiger partial charge in [-0.15, -0.1) is 0 Å². The van der Waals surface area contributed by atoms with E-state index in [1.54, 1.807) is 36.4 Å². The number of hydrogen-bond donors (Lipinski definition) is 0. The van der Waals surface area contributed by atoms with Gasteiger partial charge in [-0.3, -0.25) is 19.2 Å². The van der Waals surface area contributed by atoms with Crippen molar-refractivity contribution >= 4 is 67.5 Å². The van der Waals surface area contributed by atoms with E-state index in [1.165, 1.54) is 27.7 Å². The molecule has 0 spiro atoms. The standard InChI is InChI=1S/C34H26F4O4S4/c1-19(39)43-15-25-9-23(10-26(13-25)16-44-20(2)40)5-7-29-31(35)33(37)30(34(38)32(29)36)8-6-24-11-27(17-45-21(3)41)14-28(12-24)18-46-22(4)42/h9-14H,15-18H2,1-4H3. The van der Waals surface area contributed by atoms with Gasteiger partial charge < -0.3 is 0 Å². The van der Waals surface area contributed by atoms with Crippen molar-refractivity contribution in [2.45, 2.75) is 50.7 Å². The van der Waals surface area contributed by atoms with Crippen molar-refractivity contribution in [1.29, 1.82) is 0 Å². The van der Waals surface area contributed by atoms with E-state index in [9.17, 15) is 19.2 Å². The Morgan fingerprint density at radius 3 is 0.913 bits per heavy atom. The normalized spacial score (nSPS) is 10.4. The van der Waals surface area contributed by atoms with E-state index >= 15 is 17.6 Å². The minimum Gasteiger partial charge on any atom is -0.288 e. The van der Waals surface area contributed by atoms with Crippen LogP contribution in [0.5, 0.6) is 0 Å². The van der Waals surface area contributed by atoms with Crippen LogP contribution in [0.3, 0.4) is 0 Å². The fraction of sp³-hybridized carbons (Fsp3) is 0.235. The largest absolute Gasteiger partial charge is 0.288 e. The first-order valence-electron chi connectivity index (χ1n) is 13.4. The Morgan fingerprint density at radius 2 is 0.696 bits per heavy atom. The summed E-state index contributed by atoms with van der Waals surface area (Å²) >= 11 is 4.16. The minimum absolute atomic E-state index is 0.124. The fourth-order valence-corrected chi connectivity index (χ4v) is 6.01. The third-order valence-electron chi connectivity index (χ3n) is 5.80. The van der Waals surface area contributed by atoms with E-state index in [1.807, 2.05) is 0 Å². The van der Waals surface area contributed by atoms with Crippen molar-refractivity contribution in [2.24, 2.45) is 0 Å². The SMILES string of the molecule is CC(=O)SCc1cc(C#Cc2c(F)c(F)c(C#Cc3cc(CSC(C)=O)cc(CSC(C)=O)c3)c(F)c2F)cc(CSC(C)=O)c1. The van der Waals surface area contributed by atoms with Gasteiger partial charge in [0.15, 0.2) is 43.7 Å². The summed E-state index contributed by atoms with van der Waals surface area (Å²) in [7, 11) is 0. The number of benzene rings is 3. The van der Waals surface area contributed by atoms with Crippen LogP contribution in [0.1, 0.15) is 72.2 Å². The Bertz CT molecular complexity index is 1600. The molecule has 0 radical (unpaired) electrons. The lowest BCUT2D eigenvalue weighted by Gasteiger charge is -2.07. The molecule has 0 saturated heterocycles. The summed E-state index contributed by atoms with van der Waals surface area (Å²) < 4.78 is 60.3. The molecule has 4 nitrogen and oxygen atoms in total. The summed E-state index contributed by atoms with van der Waals surface area (Å²) in [6.07, 6.45) is 0. The Kier molecular flexibility index (Phi) is 14.1. The molecule has 0 unspecified atom stereocenters. The number of thioether (sulfide) groups is 4. The molecule has 0 fully saturated rings. The Morgan fingerprint density at radius 1 is 0.457 bits per heavy atom. The maximum atomic E-state index is 15.1. The number of hydrogen-bond acceptors (Lipinski definition) is 8. The van der Waals surface area contributed by atoms with Crippen molar-refractivity contribution in [2.75, 3.05) is 0 Å². The maximum absolute atomic E-state index is 15.1. The molecular formula is C34H26F4O4S4. The summed E-state index contributed by atoms with van der Waals surface area (Å²) in [6.45, 7) is 5.63. The monoisotopic (exact) mass is 702 g/mol. The second-order valence-corrected chi connectivity index (χ2v) is 14.3. The molecule has 0 bridgehead atoms. The summed E-state index contributed by atoms with van der Waals surface area (Å²) in [6, 6.07) is 9.87. The summed E-state index contributed by atoms with van der Waals surface area (Å²) in [5, 5.41) is -0.494. The number of carbonyl (C=O) groups is 4. The smallest absolute Gasteiger partial charge is 0.186 e. The predicted molar refractivity (Wildman–Crippen MR) is 179 cm³/mol. The highest BCUT2D eigenvalue weighted by Crippen LogP contribution is 2.25. The lowest BCUT2D eigenvalue weighted by Crippen LogP contribution is -2.04. The summed E-state index contributed by atoms with van der Waals surface area (Å²) in [5.74, 6) is 3.78. The highest BCUT2D eigenvalue weighted by molar-refractivity contribution is 8.13. The number of halogens is 4.